The molecule has 0 aliphatic rings. The van der Waals surface area contributed by atoms with Gasteiger partial charge in [0.25, 0.3) is 0 Å². The molecule has 0 spiro atoms. The zero-order valence-corrected chi connectivity index (χ0v) is 11.5. The predicted molar refractivity (Wildman–Crippen MR) is 74.9 cm³/mol. The Kier molecular flexibility index (Phi) is 6.78. The van der Waals surface area contributed by atoms with Gasteiger partial charge in [0, 0.05) is 24.1 Å². The number of carbonyl (C=O) groups is 1. The molecule has 0 fully saturated rings. The van der Waals surface area contributed by atoms with Gasteiger partial charge >= 0.3 is 0 Å². The molecule has 2 N–H and O–H groups in total. The molecule has 0 aliphatic heterocycles. The first kappa shape index (κ1) is 15.0. The second-order valence-corrected chi connectivity index (χ2v) is 4.96. The zero-order chi connectivity index (χ0) is 13.4. The molecule has 4 nitrogen and oxygen atoms in total. The van der Waals surface area contributed by atoms with Gasteiger partial charge in [0.2, 0.25) is 5.91 Å². The molecule has 0 aliphatic carbocycles. The van der Waals surface area contributed by atoms with E-state index in [0.29, 0.717) is 18.0 Å². The summed E-state index contributed by atoms with van der Waals surface area (Å²) in [4.78, 5) is 11.7. The Morgan fingerprint density at radius 3 is 2.89 bits per heavy atom. The number of para-hydroxylation sites is 1. The molecule has 1 atom stereocenters. The van der Waals surface area contributed by atoms with Crippen molar-refractivity contribution in [3.63, 3.8) is 0 Å². The Morgan fingerprint density at radius 1 is 1.50 bits per heavy atom. The fraction of sp³-hybridized carbons (Fsp3) is 0.462. The minimum absolute atomic E-state index is 0.0656. The number of aliphatic hydroxyl groups is 1. The Balaban J connectivity index is 2.49. The number of ether oxygens (including phenoxy) is 1. The molecule has 0 saturated heterocycles. The number of benzene rings is 1. The van der Waals surface area contributed by atoms with Crippen LogP contribution in [0, 0.1) is 0 Å². The fourth-order valence-electron chi connectivity index (χ4n) is 1.47. The van der Waals surface area contributed by atoms with E-state index in [4.69, 9.17) is 4.74 Å². The number of methoxy groups -OCH3 is 1. The van der Waals surface area contributed by atoms with Crippen LogP contribution in [0.1, 0.15) is 18.6 Å². The highest BCUT2D eigenvalue weighted by atomic mass is 32.2. The van der Waals surface area contributed by atoms with Gasteiger partial charge < -0.3 is 15.2 Å². The summed E-state index contributed by atoms with van der Waals surface area (Å²) in [5.74, 6) is 1.11. The molecular formula is C13H19NO3S. The van der Waals surface area contributed by atoms with E-state index in [-0.39, 0.29) is 5.91 Å². The number of amides is 1. The molecule has 0 aromatic heterocycles. The van der Waals surface area contributed by atoms with Gasteiger partial charge in [0.15, 0.2) is 0 Å². The first-order valence-corrected chi connectivity index (χ1v) is 6.94. The minimum atomic E-state index is -0.595. The van der Waals surface area contributed by atoms with Crippen molar-refractivity contribution in [2.75, 3.05) is 30.5 Å². The minimum Gasteiger partial charge on any atom is -0.389 e. The molecule has 0 saturated carbocycles. The quantitative estimate of drug-likeness (QED) is 0.744. The molecule has 18 heavy (non-hydrogen) atoms. The summed E-state index contributed by atoms with van der Waals surface area (Å²) >= 11 is 1.52. The molecule has 1 unspecified atom stereocenters. The van der Waals surface area contributed by atoms with Crippen molar-refractivity contribution in [3.05, 3.63) is 29.8 Å². The number of aliphatic hydroxyl groups excluding tert-OH is 1. The highest BCUT2D eigenvalue weighted by Crippen LogP contribution is 2.22. The van der Waals surface area contributed by atoms with Crippen LogP contribution in [0.5, 0.6) is 0 Å². The largest absolute Gasteiger partial charge is 0.389 e. The van der Waals surface area contributed by atoms with Crippen LogP contribution in [0.15, 0.2) is 24.3 Å². The summed E-state index contributed by atoms with van der Waals surface area (Å²) in [6, 6.07) is 7.27. The number of rotatable bonds is 7. The fourth-order valence-corrected chi connectivity index (χ4v) is 2.15. The van der Waals surface area contributed by atoms with Crippen LogP contribution in [-0.4, -0.2) is 36.2 Å². The van der Waals surface area contributed by atoms with Gasteiger partial charge in [0.1, 0.15) is 0 Å². The van der Waals surface area contributed by atoms with Crippen LogP contribution in [0.25, 0.3) is 0 Å². The molecule has 5 heteroatoms. The summed E-state index contributed by atoms with van der Waals surface area (Å²) in [7, 11) is 1.64. The summed E-state index contributed by atoms with van der Waals surface area (Å²) in [6.07, 6.45) is -0.595. The lowest BCUT2D eigenvalue weighted by Gasteiger charge is -2.12. The van der Waals surface area contributed by atoms with Crippen LogP contribution >= 0.6 is 11.8 Å². The lowest BCUT2D eigenvalue weighted by atomic mass is 10.1. The normalized spacial score (nSPS) is 12.2. The number of thioether (sulfide) groups is 1. The lowest BCUT2D eigenvalue weighted by molar-refractivity contribution is -0.113. The maximum Gasteiger partial charge on any atom is 0.234 e. The molecule has 1 aromatic rings. The first-order chi connectivity index (χ1) is 8.65. The van der Waals surface area contributed by atoms with Crippen molar-refractivity contribution in [2.24, 2.45) is 0 Å². The Bertz CT molecular complexity index is 382. The number of carbonyl (C=O) groups excluding carboxylic acids is 1. The summed E-state index contributed by atoms with van der Waals surface area (Å²) in [5, 5.41) is 12.4. The van der Waals surface area contributed by atoms with Crippen LogP contribution in [-0.2, 0) is 9.53 Å². The van der Waals surface area contributed by atoms with Gasteiger partial charge in [-0.15, -0.1) is 11.8 Å². The third kappa shape index (κ3) is 5.08. The van der Waals surface area contributed by atoms with Gasteiger partial charge in [-0.25, -0.2) is 0 Å². The van der Waals surface area contributed by atoms with E-state index in [1.807, 2.05) is 12.1 Å². The molecule has 1 aromatic carbocycles. The summed E-state index contributed by atoms with van der Waals surface area (Å²) in [5.41, 5.74) is 1.40. The molecular weight excluding hydrogens is 250 g/mol. The van der Waals surface area contributed by atoms with Gasteiger partial charge in [-0.3, -0.25) is 4.79 Å². The third-order valence-corrected chi connectivity index (χ3v) is 3.27. The average molecular weight is 269 g/mol. The van der Waals surface area contributed by atoms with Crippen molar-refractivity contribution in [1.29, 1.82) is 0 Å². The Morgan fingerprint density at radius 2 is 2.22 bits per heavy atom. The Hall–Kier alpha value is -1.04. The van der Waals surface area contributed by atoms with Crippen molar-refractivity contribution in [2.45, 2.75) is 13.0 Å². The van der Waals surface area contributed by atoms with Gasteiger partial charge in [0.05, 0.1) is 18.5 Å². The molecule has 0 bridgehead atoms. The van der Waals surface area contributed by atoms with Crippen molar-refractivity contribution in [1.82, 2.24) is 0 Å². The van der Waals surface area contributed by atoms with E-state index < -0.39 is 6.10 Å². The summed E-state index contributed by atoms with van der Waals surface area (Å²) < 4.78 is 4.91. The number of nitrogens with one attached hydrogen (secondary N) is 1. The van der Waals surface area contributed by atoms with E-state index in [1.54, 1.807) is 26.2 Å². The zero-order valence-electron chi connectivity index (χ0n) is 10.7. The third-order valence-electron chi connectivity index (χ3n) is 2.35. The maximum atomic E-state index is 11.7. The smallest absolute Gasteiger partial charge is 0.234 e. The van der Waals surface area contributed by atoms with E-state index in [2.05, 4.69) is 5.32 Å². The van der Waals surface area contributed by atoms with E-state index in [1.165, 1.54) is 11.8 Å². The number of anilines is 1. The predicted octanol–water partition coefficient (Wildman–Crippen LogP) is 2.06. The second kappa shape index (κ2) is 8.13. The van der Waals surface area contributed by atoms with Crippen LogP contribution in [0.4, 0.5) is 5.69 Å². The topological polar surface area (TPSA) is 58.6 Å². The van der Waals surface area contributed by atoms with Crippen LogP contribution in [0.2, 0.25) is 0 Å². The lowest BCUT2D eigenvalue weighted by Crippen LogP contribution is -2.16. The monoisotopic (exact) mass is 269 g/mol. The highest BCUT2D eigenvalue weighted by molar-refractivity contribution is 7.99. The van der Waals surface area contributed by atoms with E-state index in [9.17, 15) is 9.90 Å². The van der Waals surface area contributed by atoms with E-state index >= 15 is 0 Å². The molecule has 1 rings (SSSR count). The van der Waals surface area contributed by atoms with Gasteiger partial charge in [-0.1, -0.05) is 18.2 Å². The van der Waals surface area contributed by atoms with Crippen molar-refractivity contribution >= 4 is 23.4 Å². The standard InChI is InChI=1S/C13H19NO3S/c1-10(15)11-5-3-4-6-12(11)14-13(16)9-18-8-7-17-2/h3-6,10,15H,7-9H2,1-2H3,(H,14,16). The van der Waals surface area contributed by atoms with Crippen molar-refractivity contribution < 1.29 is 14.6 Å². The maximum absolute atomic E-state index is 11.7. The van der Waals surface area contributed by atoms with Crippen molar-refractivity contribution in [3.8, 4) is 0 Å². The molecule has 0 heterocycles. The number of hydrogen-bond acceptors (Lipinski definition) is 4. The SMILES string of the molecule is COCCSCC(=O)Nc1ccccc1C(C)O. The second-order valence-electron chi connectivity index (χ2n) is 3.86. The van der Waals surface area contributed by atoms with E-state index in [0.717, 1.165) is 11.3 Å². The average Bonchev–Trinajstić information content (AvgIpc) is 2.35. The van der Waals surface area contributed by atoms with Gasteiger partial charge in [-0.05, 0) is 13.0 Å². The number of hydrogen-bond donors (Lipinski definition) is 2. The summed E-state index contributed by atoms with van der Waals surface area (Å²) in [6.45, 7) is 2.32. The molecule has 100 valence electrons. The first-order valence-electron chi connectivity index (χ1n) is 5.78. The molecule has 0 radical (unpaired) electrons. The highest BCUT2D eigenvalue weighted by Gasteiger charge is 2.09. The Labute approximate surface area is 112 Å². The molecule has 1 amide bonds. The van der Waals surface area contributed by atoms with Crippen LogP contribution < -0.4 is 5.32 Å². The van der Waals surface area contributed by atoms with Gasteiger partial charge in [-0.2, -0.15) is 0 Å². The van der Waals surface area contributed by atoms with Crippen LogP contribution in [0.3, 0.4) is 0 Å².